The highest BCUT2D eigenvalue weighted by Crippen LogP contribution is 2.27. The van der Waals surface area contributed by atoms with Gasteiger partial charge in [0.2, 0.25) is 11.8 Å². The van der Waals surface area contributed by atoms with E-state index in [0.717, 1.165) is 12.8 Å². The molecule has 2 saturated heterocycles. The summed E-state index contributed by atoms with van der Waals surface area (Å²) >= 11 is 0. The number of unbranched alkanes of at least 4 members (excludes halogenated alkanes) is 2. The van der Waals surface area contributed by atoms with E-state index in [1.54, 1.807) is 30.6 Å². The van der Waals surface area contributed by atoms with Gasteiger partial charge in [0, 0.05) is 38.2 Å². The van der Waals surface area contributed by atoms with Gasteiger partial charge in [-0.15, -0.1) is 0 Å². The van der Waals surface area contributed by atoms with Crippen molar-refractivity contribution in [2.24, 2.45) is 0 Å². The number of carbonyl (C=O) groups excluding carboxylic acids is 5. The minimum absolute atomic E-state index is 0.0612. The molecule has 3 heterocycles. The van der Waals surface area contributed by atoms with Crippen LogP contribution in [0.4, 0.5) is 0 Å². The number of ether oxygens (including phenoxy) is 1. The molecule has 9 heteroatoms. The monoisotopic (exact) mass is 461 g/mol. The molecule has 0 N–H and O–H groups in total. The van der Waals surface area contributed by atoms with Gasteiger partial charge in [0.25, 0.3) is 11.8 Å². The number of rotatable bonds is 8. The Morgan fingerprint density at radius 1 is 0.909 bits per heavy atom. The number of nitrogens with zero attached hydrogens (tertiary/aromatic N) is 3. The summed E-state index contributed by atoms with van der Waals surface area (Å²) in [6, 6.07) is -1.11. The summed E-state index contributed by atoms with van der Waals surface area (Å²) in [7, 11) is 0. The zero-order valence-corrected chi connectivity index (χ0v) is 19.9. The first-order valence-corrected chi connectivity index (χ1v) is 11.9. The molecule has 0 spiro atoms. The lowest BCUT2D eigenvalue weighted by Crippen LogP contribution is -2.51. The van der Waals surface area contributed by atoms with Crippen molar-refractivity contribution < 1.29 is 28.7 Å². The maximum atomic E-state index is 13.3. The molecule has 2 unspecified atom stereocenters. The van der Waals surface area contributed by atoms with Gasteiger partial charge in [-0.05, 0) is 59.3 Å². The Morgan fingerprint density at radius 2 is 1.52 bits per heavy atom. The van der Waals surface area contributed by atoms with Gasteiger partial charge in [-0.25, -0.2) is 4.79 Å². The highest BCUT2D eigenvalue weighted by molar-refractivity contribution is 6.12. The van der Waals surface area contributed by atoms with E-state index in [1.807, 2.05) is 0 Å². The van der Waals surface area contributed by atoms with E-state index in [0.29, 0.717) is 58.2 Å². The Morgan fingerprint density at radius 3 is 2.15 bits per heavy atom. The second-order valence-corrected chi connectivity index (χ2v) is 9.94. The van der Waals surface area contributed by atoms with Gasteiger partial charge < -0.3 is 14.5 Å². The second-order valence-electron chi connectivity index (χ2n) is 9.94. The Kier molecular flexibility index (Phi) is 7.92. The molecule has 0 bridgehead atoms. The van der Waals surface area contributed by atoms with Crippen LogP contribution in [0.5, 0.6) is 0 Å². The van der Waals surface area contributed by atoms with Crippen LogP contribution in [0.1, 0.15) is 72.1 Å². The van der Waals surface area contributed by atoms with E-state index in [-0.39, 0.29) is 29.6 Å². The SMILES string of the molecule is CC(C)(C)OC(=O)C1CCCN1C(=O)C1CCCN1C(=O)CCCCCN1C(=O)C=CC1=O. The van der Waals surface area contributed by atoms with Crippen LogP contribution >= 0.6 is 0 Å². The molecule has 33 heavy (non-hydrogen) atoms. The molecule has 2 atom stereocenters. The Hall–Kier alpha value is -2.71. The summed E-state index contributed by atoms with van der Waals surface area (Å²) in [5.41, 5.74) is -0.615. The van der Waals surface area contributed by atoms with Gasteiger partial charge in [-0.3, -0.25) is 24.1 Å². The van der Waals surface area contributed by atoms with Crippen molar-refractivity contribution in [2.45, 2.75) is 89.8 Å². The van der Waals surface area contributed by atoms with Crippen molar-refractivity contribution in [3.63, 3.8) is 0 Å². The molecule has 0 aromatic carbocycles. The van der Waals surface area contributed by atoms with E-state index in [1.165, 1.54) is 17.1 Å². The van der Waals surface area contributed by atoms with Crippen LogP contribution in [-0.2, 0) is 28.7 Å². The third-order valence-electron chi connectivity index (χ3n) is 6.25. The molecule has 2 fully saturated rings. The van der Waals surface area contributed by atoms with E-state index >= 15 is 0 Å². The van der Waals surface area contributed by atoms with E-state index in [9.17, 15) is 24.0 Å². The average molecular weight is 462 g/mol. The molecule has 9 nitrogen and oxygen atoms in total. The fraction of sp³-hybridized carbons (Fsp3) is 0.708. The Bertz CT molecular complexity index is 813. The van der Waals surface area contributed by atoms with Crippen LogP contribution < -0.4 is 0 Å². The van der Waals surface area contributed by atoms with Crippen LogP contribution in [0.15, 0.2) is 12.2 Å². The molecule has 3 rings (SSSR count). The average Bonchev–Trinajstić information content (AvgIpc) is 3.47. The summed E-state index contributed by atoms with van der Waals surface area (Å²) < 4.78 is 5.50. The first kappa shape index (κ1) is 24.9. The van der Waals surface area contributed by atoms with Crippen molar-refractivity contribution in [1.82, 2.24) is 14.7 Å². The lowest BCUT2D eigenvalue weighted by atomic mass is 10.1. The zero-order chi connectivity index (χ0) is 24.2. The quantitative estimate of drug-likeness (QED) is 0.310. The van der Waals surface area contributed by atoms with Crippen LogP contribution in [0, 0.1) is 0 Å². The van der Waals surface area contributed by atoms with E-state index in [2.05, 4.69) is 0 Å². The largest absolute Gasteiger partial charge is 0.458 e. The van der Waals surface area contributed by atoms with Crippen LogP contribution in [-0.4, -0.2) is 81.6 Å². The molecule has 0 saturated carbocycles. The van der Waals surface area contributed by atoms with Crippen molar-refractivity contribution in [1.29, 1.82) is 0 Å². The number of carbonyl (C=O) groups is 5. The topological polar surface area (TPSA) is 104 Å². The van der Waals surface area contributed by atoms with E-state index < -0.39 is 17.7 Å². The molecular formula is C24H35N3O6. The molecule has 3 aliphatic rings. The molecule has 0 aromatic heterocycles. The zero-order valence-electron chi connectivity index (χ0n) is 19.9. The summed E-state index contributed by atoms with van der Waals surface area (Å²) in [5, 5.41) is 0. The highest BCUT2D eigenvalue weighted by Gasteiger charge is 2.43. The van der Waals surface area contributed by atoms with Crippen molar-refractivity contribution in [3.05, 3.63) is 12.2 Å². The maximum Gasteiger partial charge on any atom is 0.329 e. The molecular weight excluding hydrogens is 426 g/mol. The highest BCUT2D eigenvalue weighted by atomic mass is 16.6. The fourth-order valence-electron chi connectivity index (χ4n) is 4.68. The molecule has 0 aliphatic carbocycles. The van der Waals surface area contributed by atoms with Crippen molar-refractivity contribution >= 4 is 29.6 Å². The number of likely N-dealkylation sites (tertiary alicyclic amines) is 2. The third-order valence-corrected chi connectivity index (χ3v) is 6.25. The molecule has 182 valence electrons. The smallest absolute Gasteiger partial charge is 0.329 e. The molecule has 4 amide bonds. The van der Waals surface area contributed by atoms with Crippen LogP contribution in [0.3, 0.4) is 0 Å². The Balaban J connectivity index is 1.47. The van der Waals surface area contributed by atoms with Gasteiger partial charge in [0.1, 0.15) is 17.7 Å². The van der Waals surface area contributed by atoms with Gasteiger partial charge in [0.15, 0.2) is 0 Å². The summed E-state index contributed by atoms with van der Waals surface area (Å²) in [6.07, 6.45) is 7.53. The number of esters is 1. The second kappa shape index (κ2) is 10.5. The van der Waals surface area contributed by atoms with Gasteiger partial charge in [-0.1, -0.05) is 6.42 Å². The predicted molar refractivity (Wildman–Crippen MR) is 120 cm³/mol. The van der Waals surface area contributed by atoms with Gasteiger partial charge >= 0.3 is 5.97 Å². The lowest BCUT2D eigenvalue weighted by Gasteiger charge is -2.32. The minimum Gasteiger partial charge on any atom is -0.458 e. The lowest BCUT2D eigenvalue weighted by molar-refractivity contribution is -0.164. The summed E-state index contributed by atoms with van der Waals surface area (Å²) in [6.45, 7) is 6.82. The normalized spacial score (nSPS) is 23.1. The maximum absolute atomic E-state index is 13.3. The van der Waals surface area contributed by atoms with E-state index in [4.69, 9.17) is 4.74 Å². The van der Waals surface area contributed by atoms with Gasteiger partial charge in [0.05, 0.1) is 0 Å². The minimum atomic E-state index is -0.615. The molecule has 0 radical (unpaired) electrons. The number of imide groups is 1. The molecule has 3 aliphatic heterocycles. The number of amides is 4. The third kappa shape index (κ3) is 6.21. The van der Waals surface area contributed by atoms with Gasteiger partial charge in [-0.2, -0.15) is 0 Å². The number of hydrogen-bond acceptors (Lipinski definition) is 6. The van der Waals surface area contributed by atoms with Crippen LogP contribution in [0.25, 0.3) is 0 Å². The van der Waals surface area contributed by atoms with Crippen molar-refractivity contribution in [3.8, 4) is 0 Å². The number of hydrogen-bond donors (Lipinski definition) is 0. The first-order chi connectivity index (χ1) is 15.6. The first-order valence-electron chi connectivity index (χ1n) is 11.9. The molecule has 0 aromatic rings. The fourth-order valence-corrected chi connectivity index (χ4v) is 4.68. The summed E-state index contributed by atoms with van der Waals surface area (Å²) in [5.74, 6) is -1.18. The summed E-state index contributed by atoms with van der Waals surface area (Å²) in [4.78, 5) is 66.3. The predicted octanol–water partition coefficient (Wildman–Crippen LogP) is 1.80. The standard InChI is InChI=1S/C24H35N3O6/c1-24(2,3)33-23(32)18-10-8-16-26(18)22(31)17-9-7-15-25(17)19(28)11-5-4-6-14-27-20(29)12-13-21(27)30/h12-13,17-18H,4-11,14-16H2,1-3H3. The Labute approximate surface area is 195 Å². The van der Waals surface area contributed by atoms with Crippen molar-refractivity contribution in [2.75, 3.05) is 19.6 Å². The van der Waals surface area contributed by atoms with Crippen LogP contribution in [0.2, 0.25) is 0 Å².